The zero-order chi connectivity index (χ0) is 15.6. The summed E-state index contributed by atoms with van der Waals surface area (Å²) in [5, 5.41) is 11.9. The molecule has 0 unspecified atom stereocenters. The van der Waals surface area contributed by atoms with Crippen molar-refractivity contribution in [3.63, 3.8) is 0 Å². The van der Waals surface area contributed by atoms with Gasteiger partial charge in [0.1, 0.15) is 0 Å². The summed E-state index contributed by atoms with van der Waals surface area (Å²) in [6.45, 7) is 0.904. The van der Waals surface area contributed by atoms with Gasteiger partial charge in [0.25, 0.3) is 0 Å². The van der Waals surface area contributed by atoms with Crippen LogP contribution >= 0.6 is 0 Å². The average molecular weight is 321 g/mol. The van der Waals surface area contributed by atoms with E-state index in [0.29, 0.717) is 31.4 Å². The predicted octanol–water partition coefficient (Wildman–Crippen LogP) is 1.66. The van der Waals surface area contributed by atoms with Crippen LogP contribution < -0.4 is 4.72 Å². The minimum Gasteiger partial charge on any atom is -0.388 e. The first kappa shape index (κ1) is 15.4. The molecule has 2 N–H and O–H groups in total. The van der Waals surface area contributed by atoms with Crippen LogP contribution in [0.4, 0.5) is 0 Å². The maximum absolute atomic E-state index is 12.6. The second-order valence-corrected chi connectivity index (χ2v) is 7.37. The Balaban J connectivity index is 1.86. The first-order valence-electron chi connectivity index (χ1n) is 7.28. The van der Waals surface area contributed by atoms with E-state index >= 15 is 0 Å². The van der Waals surface area contributed by atoms with Gasteiger partial charge in [-0.05, 0) is 11.5 Å². The fraction of sp³-hybridized carbons (Fsp3) is 0.375. The quantitative estimate of drug-likeness (QED) is 0.898. The van der Waals surface area contributed by atoms with E-state index < -0.39 is 15.6 Å². The second kappa shape index (κ2) is 5.96. The van der Waals surface area contributed by atoms with Crippen molar-refractivity contribution in [1.29, 1.82) is 0 Å². The first-order chi connectivity index (χ1) is 10.5. The normalized spacial score (nSPS) is 18.4. The molecular formula is C16H19NO4S. The monoisotopic (exact) mass is 321 g/mol. The molecule has 1 heterocycles. The Bertz CT molecular complexity index is 761. The topological polar surface area (TPSA) is 75.6 Å². The molecule has 22 heavy (non-hydrogen) atoms. The molecule has 1 saturated heterocycles. The van der Waals surface area contributed by atoms with E-state index in [0.717, 1.165) is 5.39 Å². The lowest BCUT2D eigenvalue weighted by Crippen LogP contribution is -2.46. The summed E-state index contributed by atoms with van der Waals surface area (Å²) in [5.74, 6) is 0. The van der Waals surface area contributed by atoms with E-state index in [9.17, 15) is 13.5 Å². The third-order valence-electron chi connectivity index (χ3n) is 4.05. The number of hydrogen-bond acceptors (Lipinski definition) is 4. The molecule has 2 aromatic carbocycles. The highest BCUT2D eigenvalue weighted by Gasteiger charge is 2.31. The minimum atomic E-state index is -3.68. The highest BCUT2D eigenvalue weighted by atomic mass is 32.2. The molecule has 2 aromatic rings. The SMILES string of the molecule is O=S(=O)(NCC1(O)CCOCC1)c1cccc2ccccc12. The summed E-state index contributed by atoms with van der Waals surface area (Å²) in [5.41, 5.74) is -1.03. The summed E-state index contributed by atoms with van der Waals surface area (Å²) >= 11 is 0. The van der Waals surface area contributed by atoms with E-state index in [1.165, 1.54) is 0 Å². The number of fused-ring (bicyclic) bond motifs is 1. The van der Waals surface area contributed by atoms with Crippen LogP contribution in [0.5, 0.6) is 0 Å². The summed E-state index contributed by atoms with van der Waals surface area (Å²) in [6.07, 6.45) is 0.871. The van der Waals surface area contributed by atoms with Crippen molar-refractivity contribution >= 4 is 20.8 Å². The van der Waals surface area contributed by atoms with Gasteiger partial charge in [0.15, 0.2) is 0 Å². The zero-order valence-corrected chi connectivity index (χ0v) is 13.0. The van der Waals surface area contributed by atoms with Crippen LogP contribution in [0.1, 0.15) is 12.8 Å². The lowest BCUT2D eigenvalue weighted by Gasteiger charge is -2.32. The van der Waals surface area contributed by atoms with Gasteiger partial charge in [0, 0.05) is 38.0 Å². The maximum atomic E-state index is 12.6. The molecular weight excluding hydrogens is 302 g/mol. The molecule has 0 bridgehead atoms. The van der Waals surface area contributed by atoms with Crippen molar-refractivity contribution in [3.8, 4) is 0 Å². The molecule has 6 heteroatoms. The maximum Gasteiger partial charge on any atom is 0.241 e. The molecule has 0 radical (unpaired) electrons. The van der Waals surface area contributed by atoms with Crippen molar-refractivity contribution in [1.82, 2.24) is 4.72 Å². The standard InChI is InChI=1S/C16H19NO4S/c18-16(8-10-21-11-9-16)12-17-22(19,20)15-7-3-5-13-4-1-2-6-14(13)15/h1-7,17-18H,8-12H2. The molecule has 0 amide bonds. The van der Waals surface area contributed by atoms with Gasteiger partial charge >= 0.3 is 0 Å². The molecule has 0 aliphatic carbocycles. The lowest BCUT2D eigenvalue weighted by molar-refractivity contribution is -0.0588. The third-order valence-corrected chi connectivity index (χ3v) is 5.51. The summed E-state index contributed by atoms with van der Waals surface area (Å²) in [6, 6.07) is 12.5. The van der Waals surface area contributed by atoms with Crippen molar-refractivity contribution < 1.29 is 18.3 Å². The van der Waals surface area contributed by atoms with Crippen LogP contribution in [0.2, 0.25) is 0 Å². The molecule has 0 spiro atoms. The number of rotatable bonds is 4. The largest absolute Gasteiger partial charge is 0.388 e. The number of sulfonamides is 1. The van der Waals surface area contributed by atoms with E-state index in [1.807, 2.05) is 24.3 Å². The van der Waals surface area contributed by atoms with E-state index in [2.05, 4.69) is 4.72 Å². The summed E-state index contributed by atoms with van der Waals surface area (Å²) in [7, 11) is -3.68. The van der Waals surface area contributed by atoms with Crippen molar-refractivity contribution in [2.24, 2.45) is 0 Å². The third kappa shape index (κ3) is 3.15. The van der Waals surface area contributed by atoms with E-state index in [1.54, 1.807) is 18.2 Å². The molecule has 0 atom stereocenters. The molecule has 118 valence electrons. The fourth-order valence-electron chi connectivity index (χ4n) is 2.67. The molecule has 5 nitrogen and oxygen atoms in total. The number of benzene rings is 2. The summed E-state index contributed by atoms with van der Waals surface area (Å²) in [4.78, 5) is 0.237. The van der Waals surface area contributed by atoms with Gasteiger partial charge in [0.05, 0.1) is 10.5 Å². The number of hydrogen-bond donors (Lipinski definition) is 2. The molecule has 1 aliphatic rings. The van der Waals surface area contributed by atoms with Gasteiger partial charge in [-0.25, -0.2) is 13.1 Å². The van der Waals surface area contributed by atoms with Crippen LogP contribution in [0, 0.1) is 0 Å². The Morgan fingerprint density at radius 1 is 1.09 bits per heavy atom. The Labute approximate surface area is 130 Å². The fourth-order valence-corrected chi connectivity index (χ4v) is 4.01. The Kier molecular flexibility index (Phi) is 4.18. The van der Waals surface area contributed by atoms with Crippen LogP contribution in [-0.2, 0) is 14.8 Å². The lowest BCUT2D eigenvalue weighted by atomic mass is 9.95. The zero-order valence-electron chi connectivity index (χ0n) is 12.2. The highest BCUT2D eigenvalue weighted by molar-refractivity contribution is 7.89. The predicted molar refractivity (Wildman–Crippen MR) is 84.1 cm³/mol. The van der Waals surface area contributed by atoms with Crippen molar-refractivity contribution in [2.45, 2.75) is 23.3 Å². The van der Waals surface area contributed by atoms with Crippen LogP contribution in [0.25, 0.3) is 10.8 Å². The van der Waals surface area contributed by atoms with E-state index in [4.69, 9.17) is 4.74 Å². The Hall–Kier alpha value is -1.47. The smallest absolute Gasteiger partial charge is 0.241 e. The molecule has 0 aromatic heterocycles. The molecule has 0 saturated carbocycles. The van der Waals surface area contributed by atoms with Crippen molar-refractivity contribution in [2.75, 3.05) is 19.8 Å². The van der Waals surface area contributed by atoms with Gasteiger partial charge in [-0.2, -0.15) is 0 Å². The number of ether oxygens (including phenoxy) is 1. The minimum absolute atomic E-state index is 0.00190. The number of nitrogens with one attached hydrogen (secondary N) is 1. The van der Waals surface area contributed by atoms with Gasteiger partial charge in [0.2, 0.25) is 10.0 Å². The van der Waals surface area contributed by atoms with Crippen LogP contribution in [-0.4, -0.2) is 38.9 Å². The van der Waals surface area contributed by atoms with Gasteiger partial charge in [-0.3, -0.25) is 0 Å². The molecule has 1 fully saturated rings. The van der Waals surface area contributed by atoms with Crippen molar-refractivity contribution in [3.05, 3.63) is 42.5 Å². The molecule has 3 rings (SSSR count). The Morgan fingerprint density at radius 3 is 2.55 bits per heavy atom. The van der Waals surface area contributed by atoms with Crippen LogP contribution in [0.15, 0.2) is 47.4 Å². The van der Waals surface area contributed by atoms with Crippen LogP contribution in [0.3, 0.4) is 0 Å². The van der Waals surface area contributed by atoms with Gasteiger partial charge in [-0.15, -0.1) is 0 Å². The molecule has 1 aliphatic heterocycles. The van der Waals surface area contributed by atoms with E-state index in [-0.39, 0.29) is 11.4 Å². The Morgan fingerprint density at radius 2 is 1.77 bits per heavy atom. The highest BCUT2D eigenvalue weighted by Crippen LogP contribution is 2.24. The van der Waals surface area contributed by atoms with Gasteiger partial charge < -0.3 is 9.84 Å². The number of aliphatic hydroxyl groups is 1. The summed E-state index contributed by atoms with van der Waals surface area (Å²) < 4.78 is 32.9. The second-order valence-electron chi connectivity index (χ2n) is 5.64. The van der Waals surface area contributed by atoms with Gasteiger partial charge in [-0.1, -0.05) is 36.4 Å². The first-order valence-corrected chi connectivity index (χ1v) is 8.76. The average Bonchev–Trinajstić information content (AvgIpc) is 2.53.